The van der Waals surface area contributed by atoms with E-state index < -0.39 is 6.16 Å². The second-order valence-electron chi connectivity index (χ2n) is 5.75. The van der Waals surface area contributed by atoms with Crippen molar-refractivity contribution in [3.8, 4) is 0 Å². The molecule has 0 saturated carbocycles. The molecule has 1 amide bonds. The van der Waals surface area contributed by atoms with Crippen LogP contribution in [0.15, 0.2) is 0 Å². The van der Waals surface area contributed by atoms with E-state index in [9.17, 15) is 9.59 Å². The average molecular weight is 303 g/mol. The van der Waals surface area contributed by atoms with Gasteiger partial charge in [-0.2, -0.15) is 0 Å². The Hall–Kier alpha value is -0.990. The van der Waals surface area contributed by atoms with Crippen molar-refractivity contribution < 1.29 is 18.9 Å². The first kappa shape index (κ1) is 15.4. The summed E-state index contributed by atoms with van der Waals surface area (Å²) >= 11 is 0.853. The van der Waals surface area contributed by atoms with Crippen LogP contribution < -0.4 is 10.6 Å². The van der Waals surface area contributed by atoms with Crippen LogP contribution >= 0.6 is 12.2 Å². The van der Waals surface area contributed by atoms with Crippen LogP contribution in [0.25, 0.3) is 0 Å². The second-order valence-corrected chi connectivity index (χ2v) is 6.58. The van der Waals surface area contributed by atoms with Crippen molar-refractivity contribution in [2.75, 3.05) is 13.1 Å². The molecule has 2 aliphatic rings. The van der Waals surface area contributed by atoms with Crippen LogP contribution in [0.4, 0.5) is 4.79 Å². The highest BCUT2D eigenvalue weighted by molar-refractivity contribution is 7.92. The monoisotopic (exact) mass is 303 g/mol. The van der Waals surface area contributed by atoms with Crippen molar-refractivity contribution in [2.24, 2.45) is 5.92 Å². The highest BCUT2D eigenvalue weighted by Gasteiger charge is 2.45. The molecule has 114 valence electrons. The fourth-order valence-electron chi connectivity index (χ4n) is 2.69. The Bertz CT molecular complexity index is 383. The molecule has 20 heavy (non-hydrogen) atoms. The lowest BCUT2D eigenvalue weighted by molar-refractivity contribution is -0.121. The molecule has 7 nitrogen and oxygen atoms in total. The van der Waals surface area contributed by atoms with Crippen molar-refractivity contribution in [3.63, 3.8) is 0 Å². The molecule has 8 heteroatoms. The summed E-state index contributed by atoms with van der Waals surface area (Å²) in [7, 11) is 0. The highest BCUT2D eigenvalue weighted by atomic mass is 32.2. The molecule has 2 saturated heterocycles. The number of hydrogen-bond donors (Lipinski definition) is 3. The summed E-state index contributed by atoms with van der Waals surface area (Å²) in [6.07, 6.45) is 1.01. The van der Waals surface area contributed by atoms with E-state index in [0.717, 1.165) is 31.5 Å². The van der Waals surface area contributed by atoms with E-state index in [1.54, 1.807) is 0 Å². The highest BCUT2D eigenvalue weighted by Crippen LogP contribution is 2.29. The summed E-state index contributed by atoms with van der Waals surface area (Å²) in [4.78, 5) is 22.3. The van der Waals surface area contributed by atoms with E-state index >= 15 is 0 Å². The van der Waals surface area contributed by atoms with Crippen LogP contribution in [-0.4, -0.2) is 46.3 Å². The molecule has 2 rings (SSSR count). The van der Waals surface area contributed by atoms with Crippen LogP contribution in [0.3, 0.4) is 0 Å². The maximum atomic E-state index is 12.0. The molecule has 1 atom stereocenters. The predicted molar refractivity (Wildman–Crippen MR) is 74.8 cm³/mol. The van der Waals surface area contributed by atoms with Gasteiger partial charge in [0.15, 0.2) is 12.2 Å². The summed E-state index contributed by atoms with van der Waals surface area (Å²) in [5.41, 5.74) is -0.336. The molecule has 1 spiro atoms. The zero-order valence-electron chi connectivity index (χ0n) is 11.7. The molecule has 3 N–H and O–H groups in total. The van der Waals surface area contributed by atoms with Gasteiger partial charge in [0.1, 0.15) is 0 Å². The maximum Gasteiger partial charge on any atom is 0.519 e. The van der Waals surface area contributed by atoms with Gasteiger partial charge in [0.25, 0.3) is 0 Å². The van der Waals surface area contributed by atoms with Crippen molar-refractivity contribution in [2.45, 2.75) is 44.8 Å². The Kier molecular flexibility index (Phi) is 4.77. The summed E-state index contributed by atoms with van der Waals surface area (Å²) in [6.45, 7) is 5.53. The predicted octanol–water partition coefficient (Wildman–Crippen LogP) is 1.17. The fourth-order valence-corrected chi connectivity index (χ4v) is 3.19. The van der Waals surface area contributed by atoms with Crippen molar-refractivity contribution in [3.05, 3.63) is 0 Å². The number of piperidine rings is 1. The summed E-state index contributed by atoms with van der Waals surface area (Å²) in [5.74, 6) is 0.537. The van der Waals surface area contributed by atoms with E-state index in [4.69, 9.17) is 5.11 Å². The molecule has 2 aliphatic heterocycles. The molecule has 2 fully saturated rings. The van der Waals surface area contributed by atoms with Gasteiger partial charge in [0.2, 0.25) is 5.91 Å². The van der Waals surface area contributed by atoms with E-state index in [-0.39, 0.29) is 17.6 Å². The zero-order chi connectivity index (χ0) is 14.8. The molecule has 0 aromatic rings. The summed E-state index contributed by atoms with van der Waals surface area (Å²) in [6, 6.07) is -0.121. The minimum absolute atomic E-state index is 0.0709. The van der Waals surface area contributed by atoms with E-state index in [1.165, 1.54) is 0 Å². The number of carbonyl (C=O) groups excluding carboxylic acids is 1. The van der Waals surface area contributed by atoms with Gasteiger partial charge in [0.05, 0.1) is 11.7 Å². The van der Waals surface area contributed by atoms with Crippen LogP contribution in [0.2, 0.25) is 0 Å². The lowest BCUT2D eigenvalue weighted by Gasteiger charge is -2.37. The Morgan fingerprint density at radius 3 is 2.75 bits per heavy atom. The average Bonchev–Trinajstić information content (AvgIpc) is 2.64. The van der Waals surface area contributed by atoms with Gasteiger partial charge >= 0.3 is 6.16 Å². The smallest absolute Gasteiger partial charge is 0.449 e. The SMILES string of the molecule is CC(C)CC1NC2(CCN(SOC(=O)O)CC2)NC1=O. The van der Waals surface area contributed by atoms with Crippen molar-refractivity contribution in [1.29, 1.82) is 0 Å². The van der Waals surface area contributed by atoms with Gasteiger partial charge < -0.3 is 14.6 Å². The van der Waals surface area contributed by atoms with Gasteiger partial charge in [-0.1, -0.05) is 13.8 Å². The molecular weight excluding hydrogens is 282 g/mol. The largest absolute Gasteiger partial charge is 0.519 e. The second kappa shape index (κ2) is 6.19. The Morgan fingerprint density at radius 2 is 2.20 bits per heavy atom. The van der Waals surface area contributed by atoms with E-state index in [0.29, 0.717) is 19.0 Å². The maximum absolute atomic E-state index is 12.0. The number of hydrogen-bond acceptors (Lipinski definition) is 6. The van der Waals surface area contributed by atoms with Gasteiger partial charge in [-0.15, -0.1) is 0 Å². The third-order valence-corrected chi connectivity index (χ3v) is 4.42. The van der Waals surface area contributed by atoms with Crippen LogP contribution in [0, 0.1) is 5.92 Å². The normalized spacial score (nSPS) is 25.9. The first-order valence-electron chi connectivity index (χ1n) is 6.82. The lowest BCUT2D eigenvalue weighted by Crippen LogP contribution is -2.56. The molecule has 0 aromatic carbocycles. The third-order valence-electron chi connectivity index (χ3n) is 3.63. The van der Waals surface area contributed by atoms with Crippen molar-refractivity contribution in [1.82, 2.24) is 14.9 Å². The minimum atomic E-state index is -1.29. The molecule has 0 aromatic heterocycles. The quantitative estimate of drug-likeness (QED) is 0.530. The van der Waals surface area contributed by atoms with E-state index in [1.807, 2.05) is 4.31 Å². The number of rotatable bonds is 4. The minimum Gasteiger partial charge on any atom is -0.449 e. The van der Waals surface area contributed by atoms with Crippen LogP contribution in [-0.2, 0) is 8.98 Å². The number of nitrogens with zero attached hydrogens (tertiary/aromatic N) is 1. The molecule has 1 unspecified atom stereocenters. The first-order valence-corrected chi connectivity index (χ1v) is 7.52. The van der Waals surface area contributed by atoms with Gasteiger partial charge in [-0.05, 0) is 25.2 Å². The Morgan fingerprint density at radius 1 is 1.55 bits per heavy atom. The fraction of sp³-hybridized carbons (Fsp3) is 0.833. The number of carboxylic acid groups (broad SMARTS) is 1. The third kappa shape index (κ3) is 3.77. The molecular formula is C12H21N3O4S. The summed E-state index contributed by atoms with van der Waals surface area (Å²) in [5, 5.41) is 14.9. The summed E-state index contributed by atoms with van der Waals surface area (Å²) < 4.78 is 6.33. The van der Waals surface area contributed by atoms with Gasteiger partial charge in [-0.3, -0.25) is 10.1 Å². The Labute approximate surface area is 122 Å². The standard InChI is InChI=1S/C12H21N3O4S/c1-8(2)7-9-10(16)14-12(13-9)3-5-15(6-4-12)20-19-11(17)18/h8-9,13H,3-7H2,1-2H3,(H,14,16)(H,17,18). The molecule has 2 heterocycles. The van der Waals surface area contributed by atoms with Gasteiger partial charge in [0, 0.05) is 13.1 Å². The van der Waals surface area contributed by atoms with Gasteiger partial charge in [-0.25, -0.2) is 9.10 Å². The molecule has 0 radical (unpaired) electrons. The van der Waals surface area contributed by atoms with Crippen LogP contribution in [0.5, 0.6) is 0 Å². The van der Waals surface area contributed by atoms with E-state index in [2.05, 4.69) is 28.7 Å². The zero-order valence-corrected chi connectivity index (χ0v) is 12.5. The topological polar surface area (TPSA) is 90.9 Å². The molecule has 0 aliphatic carbocycles. The molecule has 0 bridgehead atoms. The lowest BCUT2D eigenvalue weighted by atomic mass is 9.98. The number of amides is 1. The number of carbonyl (C=O) groups is 2. The first-order chi connectivity index (χ1) is 9.40. The van der Waals surface area contributed by atoms with Crippen LogP contribution in [0.1, 0.15) is 33.1 Å². The Balaban J connectivity index is 1.83. The number of nitrogens with one attached hydrogen (secondary N) is 2. The van der Waals surface area contributed by atoms with Crippen molar-refractivity contribution >= 4 is 24.3 Å².